The smallest absolute Gasteiger partial charge is 0.315 e. The monoisotopic (exact) mass is 418 g/mol. The van der Waals surface area contributed by atoms with Crippen LogP contribution in [0.3, 0.4) is 0 Å². The molecule has 150 valence electrons. The fourth-order valence-corrected chi connectivity index (χ4v) is 4.52. The fraction of sp³-hybridized carbons (Fsp3) is 0.667. The third-order valence-corrected chi connectivity index (χ3v) is 6.57. The summed E-state index contributed by atoms with van der Waals surface area (Å²) in [5.74, 6) is 0. The number of hydrogen-bond acceptors (Lipinski definition) is 6. The second-order valence-corrected chi connectivity index (χ2v) is 9.24. The molecule has 3 rings (SSSR count). The number of carbonyl (C=O) groups excluding carboxylic acids is 1. The number of sulfonamides is 1. The topological polar surface area (TPSA) is 128 Å². The Balaban J connectivity index is 1.47. The molecule has 10 nitrogen and oxygen atoms in total. The number of hydrogen-bond donors (Lipinski definition) is 3. The van der Waals surface area contributed by atoms with E-state index in [1.807, 2.05) is 4.90 Å². The second kappa shape index (κ2) is 8.03. The molecule has 2 aliphatic rings. The van der Waals surface area contributed by atoms with Crippen LogP contribution in [0.1, 0.15) is 19.3 Å². The molecule has 0 aliphatic carbocycles. The molecule has 2 amide bonds. The van der Waals surface area contributed by atoms with E-state index in [2.05, 4.69) is 20.8 Å². The van der Waals surface area contributed by atoms with Gasteiger partial charge in [0, 0.05) is 38.3 Å². The number of aromatic nitrogens is 2. The van der Waals surface area contributed by atoms with Gasteiger partial charge in [0.05, 0.1) is 18.1 Å². The molecule has 0 bridgehead atoms. The molecule has 0 saturated carbocycles. The van der Waals surface area contributed by atoms with Crippen molar-refractivity contribution in [2.24, 2.45) is 0 Å². The Kier molecular flexibility index (Phi) is 5.92. The first kappa shape index (κ1) is 19.9. The van der Waals surface area contributed by atoms with E-state index in [1.165, 1.54) is 16.8 Å². The van der Waals surface area contributed by atoms with Crippen LogP contribution in [0.5, 0.6) is 0 Å². The van der Waals surface area contributed by atoms with Crippen LogP contribution < -0.4 is 21.1 Å². The van der Waals surface area contributed by atoms with Crippen molar-refractivity contribution in [1.82, 2.24) is 25.1 Å². The van der Waals surface area contributed by atoms with E-state index in [0.717, 1.165) is 6.42 Å². The van der Waals surface area contributed by atoms with Gasteiger partial charge in [0.1, 0.15) is 5.02 Å². The van der Waals surface area contributed by atoms with Crippen molar-refractivity contribution in [2.75, 3.05) is 37.3 Å². The van der Waals surface area contributed by atoms with Gasteiger partial charge in [-0.05, 0) is 19.3 Å². The zero-order valence-electron chi connectivity index (χ0n) is 14.9. The van der Waals surface area contributed by atoms with E-state index in [4.69, 9.17) is 11.6 Å². The van der Waals surface area contributed by atoms with Crippen LogP contribution in [0.4, 0.5) is 10.5 Å². The zero-order valence-corrected chi connectivity index (χ0v) is 16.5. The summed E-state index contributed by atoms with van der Waals surface area (Å²) in [7, 11) is -3.18. The number of aromatic amines is 1. The number of rotatable bonds is 4. The Labute approximate surface area is 162 Å². The van der Waals surface area contributed by atoms with E-state index >= 15 is 0 Å². The lowest BCUT2D eigenvalue weighted by molar-refractivity contribution is 0.225. The number of nitrogens with one attached hydrogen (secondary N) is 3. The third-order valence-electron chi connectivity index (χ3n) is 4.90. The molecule has 27 heavy (non-hydrogen) atoms. The van der Waals surface area contributed by atoms with E-state index in [-0.39, 0.29) is 23.1 Å². The van der Waals surface area contributed by atoms with E-state index in [9.17, 15) is 18.0 Å². The lowest BCUT2D eigenvalue weighted by Gasteiger charge is -2.31. The molecule has 2 fully saturated rings. The van der Waals surface area contributed by atoms with Crippen molar-refractivity contribution in [3.63, 3.8) is 0 Å². The molecule has 1 unspecified atom stereocenters. The van der Waals surface area contributed by atoms with Gasteiger partial charge < -0.3 is 15.5 Å². The van der Waals surface area contributed by atoms with Crippen LogP contribution in [-0.4, -0.2) is 73.5 Å². The average molecular weight is 419 g/mol. The summed E-state index contributed by atoms with van der Waals surface area (Å²) in [6, 6.07) is -0.391. The summed E-state index contributed by atoms with van der Waals surface area (Å²) in [5.41, 5.74) is 0.113. The minimum absolute atomic E-state index is 0.0492. The number of anilines is 1. The van der Waals surface area contributed by atoms with Crippen molar-refractivity contribution >= 4 is 33.3 Å². The van der Waals surface area contributed by atoms with Gasteiger partial charge in [0.2, 0.25) is 10.0 Å². The summed E-state index contributed by atoms with van der Waals surface area (Å²) in [6.45, 7) is 2.01. The number of amides is 2. The minimum atomic E-state index is -3.18. The molecule has 3 N–H and O–H groups in total. The maximum Gasteiger partial charge on any atom is 0.315 e. The average Bonchev–Trinajstić information content (AvgIpc) is 3.05. The van der Waals surface area contributed by atoms with Gasteiger partial charge in [-0.15, -0.1) is 0 Å². The third kappa shape index (κ3) is 4.90. The first-order chi connectivity index (χ1) is 12.7. The maximum atomic E-state index is 12.2. The predicted octanol–water partition coefficient (Wildman–Crippen LogP) is -0.275. The molecular weight excluding hydrogens is 396 g/mol. The molecule has 1 atom stereocenters. The molecule has 2 saturated heterocycles. The molecule has 12 heteroatoms. The summed E-state index contributed by atoms with van der Waals surface area (Å²) in [5, 5.41) is 12.0. The highest BCUT2D eigenvalue weighted by Gasteiger charge is 2.29. The minimum Gasteiger partial charge on any atom is -0.367 e. The highest BCUT2D eigenvalue weighted by molar-refractivity contribution is 7.88. The lowest BCUT2D eigenvalue weighted by Crippen LogP contribution is -2.51. The number of nitrogens with zero attached hydrogens (tertiary/aromatic N) is 3. The Morgan fingerprint density at radius 3 is 2.52 bits per heavy atom. The summed E-state index contributed by atoms with van der Waals surface area (Å²) in [6.07, 6.45) is 4.60. The highest BCUT2D eigenvalue weighted by atomic mass is 35.5. The molecule has 1 aromatic heterocycles. The second-order valence-electron chi connectivity index (χ2n) is 6.88. The van der Waals surface area contributed by atoms with Crippen LogP contribution in [0.2, 0.25) is 5.02 Å². The molecule has 1 aromatic rings. The number of urea groups is 1. The maximum absolute atomic E-state index is 12.2. The van der Waals surface area contributed by atoms with Gasteiger partial charge in [-0.25, -0.2) is 22.6 Å². The standard InChI is InChI=1S/C15H23ClN6O4S/c1-27(25,26)22-6-3-10(4-7-22)18-15(24)19-11-2-5-21(9-11)12-8-17-20-14(23)13(12)16/h8,10-11H,2-7,9H2,1H3,(H,20,23)(H2,18,19,24). The molecule has 2 aliphatic heterocycles. The van der Waals surface area contributed by atoms with Gasteiger partial charge in [-0.3, -0.25) is 4.79 Å². The van der Waals surface area contributed by atoms with E-state index in [1.54, 1.807) is 0 Å². The van der Waals surface area contributed by atoms with Crippen molar-refractivity contribution in [3.8, 4) is 0 Å². The SMILES string of the molecule is CS(=O)(=O)N1CCC(NC(=O)NC2CCN(c3cn[nH]c(=O)c3Cl)C2)CC1. The van der Waals surface area contributed by atoms with Crippen molar-refractivity contribution < 1.29 is 13.2 Å². The van der Waals surface area contributed by atoms with Crippen molar-refractivity contribution in [3.05, 3.63) is 21.6 Å². The summed E-state index contributed by atoms with van der Waals surface area (Å²) < 4.78 is 24.5. The van der Waals surface area contributed by atoms with Crippen molar-refractivity contribution in [2.45, 2.75) is 31.3 Å². The molecule has 0 aromatic carbocycles. The van der Waals surface area contributed by atoms with Crippen LogP contribution in [0.15, 0.2) is 11.0 Å². The van der Waals surface area contributed by atoms with Crippen molar-refractivity contribution in [1.29, 1.82) is 0 Å². The number of H-pyrrole nitrogens is 1. The van der Waals surface area contributed by atoms with Gasteiger partial charge in [0.15, 0.2) is 0 Å². The molecule has 3 heterocycles. The van der Waals surface area contributed by atoms with Crippen LogP contribution in [-0.2, 0) is 10.0 Å². The lowest BCUT2D eigenvalue weighted by atomic mass is 10.1. The largest absolute Gasteiger partial charge is 0.367 e. The fourth-order valence-electron chi connectivity index (χ4n) is 3.44. The molecule has 0 spiro atoms. The quantitative estimate of drug-likeness (QED) is 0.617. The Morgan fingerprint density at radius 2 is 1.85 bits per heavy atom. The summed E-state index contributed by atoms with van der Waals surface area (Å²) in [4.78, 5) is 25.7. The van der Waals surface area contributed by atoms with Crippen LogP contribution in [0.25, 0.3) is 0 Å². The predicted molar refractivity (Wildman–Crippen MR) is 102 cm³/mol. The van der Waals surface area contributed by atoms with E-state index in [0.29, 0.717) is 44.7 Å². The Bertz CT molecular complexity index is 852. The first-order valence-corrected chi connectivity index (χ1v) is 11.0. The van der Waals surface area contributed by atoms with Gasteiger partial charge in [0.25, 0.3) is 5.56 Å². The van der Waals surface area contributed by atoms with Crippen LogP contribution in [0, 0.1) is 0 Å². The molecular formula is C15H23ClN6O4S. The highest BCUT2D eigenvalue weighted by Crippen LogP contribution is 2.24. The van der Waals surface area contributed by atoms with Crippen LogP contribution >= 0.6 is 11.6 Å². The van der Waals surface area contributed by atoms with Gasteiger partial charge in [-0.2, -0.15) is 5.10 Å². The normalized spacial score (nSPS) is 22.0. The summed E-state index contributed by atoms with van der Waals surface area (Å²) >= 11 is 6.03. The number of carbonyl (C=O) groups is 1. The Hall–Kier alpha value is -1.85. The zero-order chi connectivity index (χ0) is 19.6. The van der Waals surface area contributed by atoms with E-state index < -0.39 is 15.6 Å². The first-order valence-electron chi connectivity index (χ1n) is 8.74. The van der Waals surface area contributed by atoms with Gasteiger partial charge >= 0.3 is 6.03 Å². The number of halogens is 1. The Morgan fingerprint density at radius 1 is 1.22 bits per heavy atom. The van der Waals surface area contributed by atoms with Gasteiger partial charge in [-0.1, -0.05) is 11.6 Å². The molecule has 0 radical (unpaired) electrons. The number of piperidine rings is 1.